The van der Waals surface area contributed by atoms with Gasteiger partial charge in [-0.15, -0.1) is 0 Å². The first kappa shape index (κ1) is 30.5. The molecule has 2 aromatic carbocycles. The lowest BCUT2D eigenvalue weighted by Crippen LogP contribution is -2.49. The van der Waals surface area contributed by atoms with Gasteiger partial charge in [-0.05, 0) is 24.1 Å². The number of carboxylic acids is 1. The summed E-state index contributed by atoms with van der Waals surface area (Å²) in [7, 11) is 2.90. The summed E-state index contributed by atoms with van der Waals surface area (Å²) in [6, 6.07) is 14.2. The maximum Gasteiger partial charge on any atom is 0.325 e. The number of aromatic nitrogens is 1. The predicted molar refractivity (Wildman–Crippen MR) is 165 cm³/mol. The van der Waals surface area contributed by atoms with Crippen LogP contribution in [0.4, 0.5) is 10.5 Å². The third-order valence-electron chi connectivity index (χ3n) is 7.76. The SMILES string of the molecule is CCc1nc(-c2cccc(-c3cccc(NC(=O)C4=CN(C)C(=O)N(C)C4O)c3Cl)c2Cl)ccc1CN1CC(C(=O)O)C1. The largest absolute Gasteiger partial charge is 0.481 e. The molecule has 1 atom stereocenters. The summed E-state index contributed by atoms with van der Waals surface area (Å²) in [5, 5.41) is 23.1. The summed E-state index contributed by atoms with van der Waals surface area (Å²) >= 11 is 13.7. The number of rotatable bonds is 8. The number of nitrogens with zero attached hydrogens (tertiary/aromatic N) is 4. The van der Waals surface area contributed by atoms with Gasteiger partial charge in [0.1, 0.15) is 0 Å². The number of amides is 3. The average molecular weight is 625 g/mol. The quantitative estimate of drug-likeness (QED) is 0.324. The van der Waals surface area contributed by atoms with Crippen molar-refractivity contribution in [2.45, 2.75) is 26.1 Å². The first-order valence-electron chi connectivity index (χ1n) is 13.7. The molecule has 1 fully saturated rings. The second kappa shape index (κ2) is 12.3. The van der Waals surface area contributed by atoms with E-state index in [1.54, 1.807) is 18.2 Å². The first-order valence-corrected chi connectivity index (χ1v) is 14.5. The van der Waals surface area contributed by atoms with Gasteiger partial charge in [0.25, 0.3) is 5.91 Å². The maximum atomic E-state index is 13.1. The van der Waals surface area contributed by atoms with Crippen molar-refractivity contribution in [3.05, 3.63) is 81.6 Å². The molecule has 12 heteroatoms. The highest BCUT2D eigenvalue weighted by atomic mass is 35.5. The number of carboxylic acid groups (broad SMARTS) is 1. The molecule has 224 valence electrons. The predicted octanol–water partition coefficient (Wildman–Crippen LogP) is 4.94. The smallest absolute Gasteiger partial charge is 0.325 e. The Morgan fingerprint density at radius 3 is 2.33 bits per heavy atom. The number of halogens is 2. The summed E-state index contributed by atoms with van der Waals surface area (Å²) in [6.45, 7) is 3.72. The Labute approximate surface area is 259 Å². The second-order valence-corrected chi connectivity index (χ2v) is 11.4. The summed E-state index contributed by atoms with van der Waals surface area (Å²) < 4.78 is 0. The van der Waals surface area contributed by atoms with E-state index in [1.165, 1.54) is 25.2 Å². The number of carbonyl (C=O) groups excluding carboxylic acids is 2. The van der Waals surface area contributed by atoms with Crippen LogP contribution in [-0.2, 0) is 22.6 Å². The Balaban J connectivity index is 1.40. The maximum absolute atomic E-state index is 13.1. The number of benzene rings is 2. The molecule has 1 unspecified atom stereocenters. The fraction of sp³-hybridized carbons (Fsp3) is 0.290. The summed E-state index contributed by atoms with van der Waals surface area (Å²) in [5.74, 6) is -1.69. The number of nitrogens with one attached hydrogen (secondary N) is 1. The lowest BCUT2D eigenvalue weighted by Gasteiger charge is -2.36. The standard InChI is InChI=1S/C31H31Cl2N5O5/c1-4-23-17(13-38-14-18(15-38)30(41)42)11-12-24(34-23)21-9-5-7-19(26(21)32)20-8-6-10-25(27(20)33)35-28(39)22-16-36(2)31(43)37(3)29(22)40/h5-12,16,18,29,40H,4,13-15H2,1-3H3,(H,35,39)(H,41,42). The molecule has 0 spiro atoms. The minimum Gasteiger partial charge on any atom is -0.481 e. The minimum atomic E-state index is -1.41. The Bertz CT molecular complexity index is 1640. The van der Waals surface area contributed by atoms with Crippen molar-refractivity contribution in [1.29, 1.82) is 0 Å². The molecular weight excluding hydrogens is 593 g/mol. The van der Waals surface area contributed by atoms with Gasteiger partial charge in [0, 0.05) is 62.3 Å². The van der Waals surface area contributed by atoms with Gasteiger partial charge in [-0.3, -0.25) is 24.4 Å². The fourth-order valence-electron chi connectivity index (χ4n) is 5.26. The number of aliphatic hydroxyl groups excluding tert-OH is 1. The Morgan fingerprint density at radius 1 is 1.00 bits per heavy atom. The van der Waals surface area contributed by atoms with Crippen molar-refractivity contribution >= 4 is 46.8 Å². The normalized spacial score (nSPS) is 17.5. The molecule has 2 aliphatic heterocycles. The third kappa shape index (κ3) is 5.96. The van der Waals surface area contributed by atoms with E-state index >= 15 is 0 Å². The molecule has 0 bridgehead atoms. The van der Waals surface area contributed by atoms with Crippen LogP contribution in [0.3, 0.4) is 0 Å². The van der Waals surface area contributed by atoms with Crippen molar-refractivity contribution < 1.29 is 24.6 Å². The lowest BCUT2D eigenvalue weighted by molar-refractivity contribution is -0.147. The third-order valence-corrected chi connectivity index (χ3v) is 8.57. The number of aryl methyl sites for hydroxylation is 1. The Kier molecular flexibility index (Phi) is 8.75. The fourth-order valence-corrected chi connectivity index (χ4v) is 5.86. The Hall–Kier alpha value is -3.96. The van der Waals surface area contributed by atoms with Crippen molar-refractivity contribution in [2.75, 3.05) is 32.5 Å². The number of likely N-dealkylation sites (N-methyl/N-ethyl adjacent to an activating group) is 1. The van der Waals surface area contributed by atoms with Crippen LogP contribution in [0.15, 0.2) is 60.3 Å². The molecule has 5 rings (SSSR count). The van der Waals surface area contributed by atoms with Gasteiger partial charge in [-0.25, -0.2) is 4.79 Å². The number of likely N-dealkylation sites (tertiary alicyclic amines) is 1. The number of anilines is 1. The molecule has 3 amide bonds. The van der Waals surface area contributed by atoms with E-state index < -0.39 is 24.1 Å². The highest BCUT2D eigenvalue weighted by molar-refractivity contribution is 6.39. The van der Waals surface area contributed by atoms with Crippen LogP contribution >= 0.6 is 23.2 Å². The summed E-state index contributed by atoms with van der Waals surface area (Å²) in [6.07, 6.45) is 0.589. The van der Waals surface area contributed by atoms with Crippen LogP contribution in [-0.4, -0.2) is 81.2 Å². The van der Waals surface area contributed by atoms with Crippen molar-refractivity contribution in [3.63, 3.8) is 0 Å². The molecule has 2 aliphatic rings. The summed E-state index contributed by atoms with van der Waals surface area (Å²) in [4.78, 5) is 45.6. The van der Waals surface area contributed by atoms with E-state index in [1.807, 2.05) is 37.3 Å². The van der Waals surface area contributed by atoms with Gasteiger partial charge in [-0.2, -0.15) is 0 Å². The van der Waals surface area contributed by atoms with Gasteiger partial charge in [0.15, 0.2) is 6.23 Å². The van der Waals surface area contributed by atoms with E-state index in [0.29, 0.717) is 59.1 Å². The van der Waals surface area contributed by atoms with Gasteiger partial charge in [0.05, 0.1) is 32.9 Å². The van der Waals surface area contributed by atoms with Crippen molar-refractivity contribution in [1.82, 2.24) is 19.7 Å². The van der Waals surface area contributed by atoms with Crippen molar-refractivity contribution in [3.8, 4) is 22.4 Å². The number of carbonyl (C=O) groups is 3. The van der Waals surface area contributed by atoms with Gasteiger partial charge < -0.3 is 20.4 Å². The minimum absolute atomic E-state index is 0.0110. The van der Waals surface area contributed by atoms with E-state index in [2.05, 4.69) is 10.2 Å². The molecule has 0 radical (unpaired) electrons. The topological polar surface area (TPSA) is 126 Å². The van der Waals surface area contributed by atoms with E-state index in [0.717, 1.165) is 16.2 Å². The highest BCUT2D eigenvalue weighted by Crippen LogP contribution is 2.41. The molecule has 3 aromatic rings. The molecule has 43 heavy (non-hydrogen) atoms. The molecule has 0 aliphatic carbocycles. The molecular formula is C31H31Cl2N5O5. The molecule has 1 saturated heterocycles. The number of hydrogen-bond donors (Lipinski definition) is 3. The zero-order valence-electron chi connectivity index (χ0n) is 23.8. The zero-order chi connectivity index (χ0) is 31.0. The van der Waals surface area contributed by atoms with E-state index in [-0.39, 0.29) is 16.5 Å². The van der Waals surface area contributed by atoms with Crippen LogP contribution in [0, 0.1) is 5.92 Å². The van der Waals surface area contributed by atoms with Gasteiger partial charge in [0.2, 0.25) is 0 Å². The molecule has 10 nitrogen and oxygen atoms in total. The van der Waals surface area contributed by atoms with Crippen LogP contribution < -0.4 is 5.32 Å². The van der Waals surface area contributed by atoms with Crippen LogP contribution in [0.2, 0.25) is 10.0 Å². The number of aliphatic carboxylic acids is 1. The molecule has 1 aromatic heterocycles. The number of urea groups is 1. The Morgan fingerprint density at radius 2 is 1.65 bits per heavy atom. The van der Waals surface area contributed by atoms with Crippen LogP contribution in [0.5, 0.6) is 0 Å². The van der Waals surface area contributed by atoms with Crippen LogP contribution in [0.25, 0.3) is 22.4 Å². The lowest BCUT2D eigenvalue weighted by atomic mass is 9.98. The average Bonchev–Trinajstić information content (AvgIpc) is 2.96. The number of pyridine rings is 1. The monoisotopic (exact) mass is 623 g/mol. The zero-order valence-corrected chi connectivity index (χ0v) is 25.4. The van der Waals surface area contributed by atoms with Crippen molar-refractivity contribution in [2.24, 2.45) is 5.92 Å². The highest BCUT2D eigenvalue weighted by Gasteiger charge is 2.34. The summed E-state index contributed by atoms with van der Waals surface area (Å²) in [5.41, 5.74) is 4.91. The van der Waals surface area contributed by atoms with Gasteiger partial charge >= 0.3 is 12.0 Å². The van der Waals surface area contributed by atoms with E-state index in [9.17, 15) is 19.5 Å². The second-order valence-electron chi connectivity index (χ2n) is 10.6. The first-order chi connectivity index (χ1) is 20.5. The molecule has 3 N–H and O–H groups in total. The number of aliphatic hydroxyl groups is 1. The van der Waals surface area contributed by atoms with E-state index in [4.69, 9.17) is 33.3 Å². The number of hydrogen-bond acceptors (Lipinski definition) is 6. The molecule has 0 saturated carbocycles. The molecule has 3 heterocycles. The van der Waals surface area contributed by atoms with Gasteiger partial charge in [-0.1, -0.05) is 66.5 Å². The van der Waals surface area contributed by atoms with Crippen LogP contribution in [0.1, 0.15) is 18.2 Å².